The second-order valence-corrected chi connectivity index (χ2v) is 11.8. The Hall–Kier alpha value is -4.79. The molecule has 0 bridgehead atoms. The highest BCUT2D eigenvalue weighted by atomic mass is 16.5. The molecule has 1 atom stereocenters. The van der Waals surface area contributed by atoms with Gasteiger partial charge in [0.25, 0.3) is 0 Å². The van der Waals surface area contributed by atoms with Gasteiger partial charge in [-0.25, -0.2) is 0 Å². The maximum Gasteiger partial charge on any atom is 0.220 e. The largest absolute Gasteiger partial charge is 0.497 e. The van der Waals surface area contributed by atoms with Gasteiger partial charge in [0.15, 0.2) is 11.5 Å². The van der Waals surface area contributed by atoms with E-state index in [0.717, 1.165) is 71.8 Å². The zero-order valence-electron chi connectivity index (χ0n) is 27.2. The summed E-state index contributed by atoms with van der Waals surface area (Å²) >= 11 is 0. The second-order valence-electron chi connectivity index (χ2n) is 11.8. The van der Waals surface area contributed by atoms with Crippen molar-refractivity contribution in [2.24, 2.45) is 0 Å². The van der Waals surface area contributed by atoms with Gasteiger partial charge in [-0.1, -0.05) is 66.7 Å². The molecule has 244 valence electrons. The smallest absolute Gasteiger partial charge is 0.220 e. The molecule has 0 spiro atoms. The summed E-state index contributed by atoms with van der Waals surface area (Å²) in [5.41, 5.74) is 5.44. The number of fused-ring (bicyclic) bond motifs is 1. The van der Waals surface area contributed by atoms with Crippen LogP contribution in [0.3, 0.4) is 0 Å². The Balaban J connectivity index is 1.30. The summed E-state index contributed by atoms with van der Waals surface area (Å²) in [6, 6.07) is 32.7. The van der Waals surface area contributed by atoms with E-state index in [1.807, 2.05) is 54.6 Å². The minimum absolute atomic E-state index is 0.0126. The topological polar surface area (TPSA) is 74.2 Å². The van der Waals surface area contributed by atoms with Crippen LogP contribution in [0, 0.1) is 0 Å². The second kappa shape index (κ2) is 15.7. The first kappa shape index (κ1) is 32.2. The van der Waals surface area contributed by atoms with Gasteiger partial charge in [0.05, 0.1) is 27.4 Å². The van der Waals surface area contributed by atoms with Gasteiger partial charge < -0.3 is 28.8 Å². The van der Waals surface area contributed by atoms with Crippen LogP contribution in [0.5, 0.6) is 17.2 Å². The third kappa shape index (κ3) is 8.14. The number of rotatable bonds is 14. The number of morpholine rings is 1. The lowest BCUT2D eigenvalue weighted by molar-refractivity contribution is -0.121. The number of hydrogen-bond donors (Lipinski definition) is 1. The van der Waals surface area contributed by atoms with E-state index in [9.17, 15) is 4.79 Å². The standard InChI is InChI=1S/C39H43N3O5/c1-44-32-15-12-29(13-16-32)26-42-27-35(33-10-6-7-11-36(33)42)34(25-39(43)40-18-19-41-20-22-46-23-21-41)31-14-17-37(38(24-31)45-2)47-28-30-8-4-3-5-9-30/h3-17,24,27,34H,18-23,25-26,28H2,1-2H3,(H,40,43). The number of nitrogens with one attached hydrogen (secondary N) is 1. The molecule has 2 heterocycles. The Morgan fingerprint density at radius 1 is 0.851 bits per heavy atom. The first-order chi connectivity index (χ1) is 23.1. The number of aromatic nitrogens is 1. The van der Waals surface area contributed by atoms with Crippen LogP contribution in [0.15, 0.2) is 103 Å². The Bertz CT molecular complexity index is 1750. The monoisotopic (exact) mass is 633 g/mol. The maximum absolute atomic E-state index is 13.6. The molecule has 1 N–H and O–H groups in total. The van der Waals surface area contributed by atoms with Crippen molar-refractivity contribution in [3.63, 3.8) is 0 Å². The molecular formula is C39H43N3O5. The first-order valence-electron chi connectivity index (χ1n) is 16.2. The van der Waals surface area contributed by atoms with E-state index in [1.54, 1.807) is 14.2 Å². The fraction of sp³-hybridized carbons (Fsp3) is 0.308. The molecule has 1 aliphatic rings. The summed E-state index contributed by atoms with van der Waals surface area (Å²) in [7, 11) is 3.33. The zero-order chi connectivity index (χ0) is 32.4. The molecule has 1 amide bonds. The molecule has 1 fully saturated rings. The Morgan fingerprint density at radius 2 is 1.62 bits per heavy atom. The van der Waals surface area contributed by atoms with Crippen LogP contribution >= 0.6 is 0 Å². The fourth-order valence-corrected chi connectivity index (χ4v) is 6.21. The van der Waals surface area contributed by atoms with Crippen molar-refractivity contribution < 1.29 is 23.7 Å². The molecule has 8 heteroatoms. The summed E-state index contributed by atoms with van der Waals surface area (Å²) in [4.78, 5) is 15.9. The van der Waals surface area contributed by atoms with Crippen molar-refractivity contribution in [1.82, 2.24) is 14.8 Å². The molecule has 5 aromatic rings. The fourth-order valence-electron chi connectivity index (χ4n) is 6.21. The lowest BCUT2D eigenvalue weighted by Gasteiger charge is -2.26. The van der Waals surface area contributed by atoms with Crippen molar-refractivity contribution >= 4 is 16.8 Å². The Morgan fingerprint density at radius 3 is 2.38 bits per heavy atom. The number of ether oxygens (including phenoxy) is 4. The molecule has 0 saturated carbocycles. The van der Waals surface area contributed by atoms with Crippen LogP contribution in [0.25, 0.3) is 10.9 Å². The van der Waals surface area contributed by atoms with Crippen molar-refractivity contribution in [2.75, 3.05) is 53.6 Å². The number of nitrogens with zero attached hydrogens (tertiary/aromatic N) is 2. The summed E-state index contributed by atoms with van der Waals surface area (Å²) in [5.74, 6) is 1.93. The van der Waals surface area contributed by atoms with Crippen molar-refractivity contribution in [3.8, 4) is 17.2 Å². The normalized spacial score (nSPS) is 14.1. The van der Waals surface area contributed by atoms with E-state index >= 15 is 0 Å². The average molecular weight is 634 g/mol. The van der Waals surface area contributed by atoms with Crippen LogP contribution in [0.1, 0.15) is 34.6 Å². The van der Waals surface area contributed by atoms with Crippen molar-refractivity contribution in [2.45, 2.75) is 25.5 Å². The minimum Gasteiger partial charge on any atom is -0.497 e. The van der Waals surface area contributed by atoms with Crippen LogP contribution in [-0.4, -0.2) is 69.0 Å². The van der Waals surface area contributed by atoms with E-state index < -0.39 is 0 Å². The zero-order valence-corrected chi connectivity index (χ0v) is 27.2. The molecule has 8 nitrogen and oxygen atoms in total. The third-order valence-corrected chi connectivity index (χ3v) is 8.78. The lowest BCUT2D eigenvalue weighted by atomic mass is 9.87. The van der Waals surface area contributed by atoms with Gasteiger partial charge in [0.1, 0.15) is 12.4 Å². The molecule has 4 aromatic carbocycles. The van der Waals surface area contributed by atoms with Gasteiger partial charge >= 0.3 is 0 Å². The molecule has 1 saturated heterocycles. The molecule has 0 aliphatic carbocycles. The molecule has 1 aliphatic heterocycles. The Kier molecular flexibility index (Phi) is 10.7. The third-order valence-electron chi connectivity index (χ3n) is 8.78. The van der Waals surface area contributed by atoms with E-state index in [1.165, 1.54) is 0 Å². The van der Waals surface area contributed by atoms with Gasteiger partial charge in [0, 0.05) is 62.2 Å². The summed E-state index contributed by atoms with van der Waals surface area (Å²) in [5, 5.41) is 4.31. The van der Waals surface area contributed by atoms with E-state index in [4.69, 9.17) is 18.9 Å². The quantitative estimate of drug-likeness (QED) is 0.156. The summed E-state index contributed by atoms with van der Waals surface area (Å²) in [6.07, 6.45) is 2.50. The number of amides is 1. The number of carbonyl (C=O) groups is 1. The van der Waals surface area contributed by atoms with Gasteiger partial charge in [-0.2, -0.15) is 0 Å². The Labute approximate surface area is 276 Å². The van der Waals surface area contributed by atoms with Crippen LogP contribution < -0.4 is 19.5 Å². The highest BCUT2D eigenvalue weighted by molar-refractivity contribution is 5.87. The number of para-hydroxylation sites is 1. The molecule has 1 aromatic heterocycles. The van der Waals surface area contributed by atoms with E-state index in [0.29, 0.717) is 37.6 Å². The van der Waals surface area contributed by atoms with E-state index in [-0.39, 0.29) is 11.8 Å². The minimum atomic E-state index is -0.211. The number of carbonyl (C=O) groups excluding carboxylic acids is 1. The van der Waals surface area contributed by atoms with Crippen LogP contribution in [-0.2, 0) is 22.7 Å². The lowest BCUT2D eigenvalue weighted by Crippen LogP contribution is -2.41. The maximum atomic E-state index is 13.6. The predicted molar refractivity (Wildman–Crippen MR) is 185 cm³/mol. The molecular weight excluding hydrogens is 590 g/mol. The number of benzene rings is 4. The summed E-state index contributed by atoms with van der Waals surface area (Å²) in [6.45, 7) is 5.80. The average Bonchev–Trinajstić information content (AvgIpc) is 3.48. The molecule has 6 rings (SSSR count). The molecule has 1 unspecified atom stereocenters. The first-order valence-corrected chi connectivity index (χ1v) is 16.2. The highest BCUT2D eigenvalue weighted by Crippen LogP contribution is 2.39. The van der Waals surface area contributed by atoms with Crippen LogP contribution in [0.2, 0.25) is 0 Å². The number of hydrogen-bond acceptors (Lipinski definition) is 6. The molecule has 47 heavy (non-hydrogen) atoms. The van der Waals surface area contributed by atoms with Gasteiger partial charge in [-0.05, 0) is 52.6 Å². The predicted octanol–water partition coefficient (Wildman–Crippen LogP) is 6.26. The van der Waals surface area contributed by atoms with Crippen LogP contribution in [0.4, 0.5) is 0 Å². The van der Waals surface area contributed by atoms with E-state index in [2.05, 4.69) is 63.4 Å². The van der Waals surface area contributed by atoms with Crippen molar-refractivity contribution in [3.05, 3.63) is 126 Å². The van der Waals surface area contributed by atoms with Crippen molar-refractivity contribution in [1.29, 1.82) is 0 Å². The SMILES string of the molecule is COc1ccc(Cn2cc(C(CC(=O)NCCN3CCOCC3)c3ccc(OCc4ccccc4)c(OC)c3)c3ccccc32)cc1. The summed E-state index contributed by atoms with van der Waals surface area (Å²) < 4.78 is 25.1. The molecule has 0 radical (unpaired) electrons. The van der Waals surface area contributed by atoms with Gasteiger partial charge in [-0.3, -0.25) is 9.69 Å². The number of methoxy groups -OCH3 is 2. The van der Waals surface area contributed by atoms with Gasteiger partial charge in [0.2, 0.25) is 5.91 Å². The highest BCUT2D eigenvalue weighted by Gasteiger charge is 2.24. The van der Waals surface area contributed by atoms with Gasteiger partial charge in [-0.15, -0.1) is 0 Å².